The molecule has 4 heteroatoms. The van der Waals surface area contributed by atoms with Gasteiger partial charge in [-0.3, -0.25) is 0 Å². The van der Waals surface area contributed by atoms with Gasteiger partial charge in [0.25, 0.3) is 0 Å². The third-order valence-corrected chi connectivity index (χ3v) is 14.8. The van der Waals surface area contributed by atoms with E-state index in [-0.39, 0.29) is 28.6 Å². The highest BCUT2D eigenvalue weighted by atomic mass is 28.4. The second-order valence-corrected chi connectivity index (χ2v) is 18.2. The van der Waals surface area contributed by atoms with Crippen LogP contribution in [0.3, 0.4) is 0 Å². The Balaban J connectivity index is 1.97. The van der Waals surface area contributed by atoms with Gasteiger partial charge in [0.2, 0.25) is 0 Å². The van der Waals surface area contributed by atoms with Gasteiger partial charge in [0.05, 0.1) is 0 Å². The van der Waals surface area contributed by atoms with Crippen molar-refractivity contribution in [3.05, 3.63) is 11.6 Å². The number of carbonyl (C=O) groups excluding carboxylic acids is 1. The summed E-state index contributed by atoms with van der Waals surface area (Å²) >= 11 is 0. The molecule has 3 aliphatic carbocycles. The molecule has 0 amide bonds. The van der Waals surface area contributed by atoms with Gasteiger partial charge in [0, 0.05) is 23.5 Å². The Kier molecular flexibility index (Phi) is 7.33. The minimum atomic E-state index is -1.89. The zero-order valence-electron chi connectivity index (χ0n) is 22.3. The van der Waals surface area contributed by atoms with Crippen molar-refractivity contribution in [2.24, 2.45) is 40.4 Å². The Morgan fingerprint density at radius 3 is 2.41 bits per heavy atom. The zero-order chi connectivity index (χ0) is 24.1. The van der Waals surface area contributed by atoms with E-state index < -0.39 is 8.32 Å². The zero-order valence-corrected chi connectivity index (χ0v) is 23.3. The van der Waals surface area contributed by atoms with Crippen molar-refractivity contribution in [1.29, 1.82) is 0 Å². The van der Waals surface area contributed by atoms with Crippen molar-refractivity contribution in [3.63, 3.8) is 0 Å². The van der Waals surface area contributed by atoms with Gasteiger partial charge in [-0.25, -0.2) is 0 Å². The number of rotatable bonds is 9. The van der Waals surface area contributed by atoms with E-state index in [9.17, 15) is 9.90 Å². The van der Waals surface area contributed by atoms with Crippen molar-refractivity contribution < 1.29 is 14.3 Å². The minimum absolute atomic E-state index is 0.0148. The van der Waals surface area contributed by atoms with E-state index in [1.54, 1.807) is 0 Å². The lowest BCUT2D eigenvalue weighted by molar-refractivity contribution is -0.127. The highest BCUT2D eigenvalue weighted by Crippen LogP contribution is 2.70. The number of unbranched alkanes of at least 4 members (excludes halogenated alkanes) is 1. The number of aliphatic hydroxyl groups excluding tert-OH is 1. The van der Waals surface area contributed by atoms with Crippen molar-refractivity contribution in [2.45, 2.75) is 111 Å². The number of hydrogen-bond acceptors (Lipinski definition) is 3. The van der Waals surface area contributed by atoms with Gasteiger partial charge in [-0.1, -0.05) is 66.5 Å². The number of aldehydes is 1. The first-order valence-corrected chi connectivity index (χ1v) is 16.1. The van der Waals surface area contributed by atoms with Crippen LogP contribution in [0.15, 0.2) is 11.6 Å². The van der Waals surface area contributed by atoms with Crippen LogP contribution in [0.25, 0.3) is 0 Å². The molecule has 5 unspecified atom stereocenters. The largest absolute Gasteiger partial charge is 0.414 e. The van der Waals surface area contributed by atoms with Crippen molar-refractivity contribution >= 4 is 14.6 Å². The minimum Gasteiger partial charge on any atom is -0.414 e. The molecule has 0 heterocycles. The van der Waals surface area contributed by atoms with Gasteiger partial charge in [-0.15, -0.1) is 0 Å². The van der Waals surface area contributed by atoms with E-state index in [1.165, 1.54) is 11.9 Å². The monoisotopic (exact) mass is 462 g/mol. The van der Waals surface area contributed by atoms with Crippen LogP contribution in [0.2, 0.25) is 18.1 Å². The van der Waals surface area contributed by atoms with Crippen molar-refractivity contribution in [1.82, 2.24) is 0 Å². The van der Waals surface area contributed by atoms with Crippen LogP contribution in [-0.2, 0) is 9.22 Å². The van der Waals surface area contributed by atoms with Crippen LogP contribution in [0.4, 0.5) is 0 Å². The molecule has 0 saturated heterocycles. The second kappa shape index (κ2) is 8.96. The summed E-state index contributed by atoms with van der Waals surface area (Å²) in [6.45, 7) is 21.3. The molecular weight excluding hydrogens is 412 g/mol. The summed E-state index contributed by atoms with van der Waals surface area (Å²) in [7, 11) is -1.89. The predicted molar refractivity (Wildman–Crippen MR) is 136 cm³/mol. The lowest BCUT2D eigenvalue weighted by Gasteiger charge is -2.49. The molecule has 184 valence electrons. The molecule has 32 heavy (non-hydrogen) atoms. The smallest absolute Gasteiger partial charge is 0.192 e. The van der Waals surface area contributed by atoms with Crippen molar-refractivity contribution in [2.75, 3.05) is 6.61 Å². The molecule has 0 aromatic heterocycles. The van der Waals surface area contributed by atoms with E-state index in [4.69, 9.17) is 4.43 Å². The standard InChI is InChI=1S/C28H50O3Si/c1-19(2)23-14-21-16-27(23,7)28(17-21,18-30)24-15-25(31-32(8,9)26(4,5)6)20(3)22(24)12-10-11-13-29/h14,18-22,24-25,29H,10-13,15-17H2,1-9H3/t20?,21?,22?,24?,25?,27-,28+/m1/s1. The molecule has 0 radical (unpaired) electrons. The Labute approximate surface area is 198 Å². The van der Waals surface area contributed by atoms with Crippen LogP contribution < -0.4 is 0 Å². The molecule has 0 aliphatic heterocycles. The molecule has 3 aliphatic rings. The molecule has 0 spiro atoms. The molecular formula is C28H50O3Si. The summed E-state index contributed by atoms with van der Waals surface area (Å²) < 4.78 is 7.04. The van der Waals surface area contributed by atoms with Gasteiger partial charge in [-0.05, 0) is 79.8 Å². The molecule has 2 bridgehead atoms. The summed E-state index contributed by atoms with van der Waals surface area (Å²) in [5.41, 5.74) is 1.24. The average molecular weight is 463 g/mol. The number of aliphatic hydroxyl groups is 1. The topological polar surface area (TPSA) is 46.5 Å². The van der Waals surface area contributed by atoms with E-state index in [1.807, 2.05) is 0 Å². The lowest BCUT2D eigenvalue weighted by Crippen LogP contribution is -2.47. The fourth-order valence-corrected chi connectivity index (χ4v) is 9.01. The predicted octanol–water partition coefficient (Wildman–Crippen LogP) is 7.01. The van der Waals surface area contributed by atoms with E-state index in [2.05, 4.69) is 67.6 Å². The maximum atomic E-state index is 13.1. The Morgan fingerprint density at radius 2 is 1.91 bits per heavy atom. The molecule has 7 atom stereocenters. The fourth-order valence-electron chi connectivity index (χ4n) is 7.58. The van der Waals surface area contributed by atoms with Crippen LogP contribution in [0.5, 0.6) is 0 Å². The number of hydrogen-bond donors (Lipinski definition) is 1. The molecule has 1 N–H and O–H groups in total. The quantitative estimate of drug-likeness (QED) is 0.173. The number of carbonyl (C=O) groups is 1. The van der Waals surface area contributed by atoms with Crippen LogP contribution in [0, 0.1) is 40.4 Å². The molecule has 3 rings (SSSR count). The average Bonchev–Trinajstić information content (AvgIpc) is 3.28. The second-order valence-electron chi connectivity index (χ2n) is 13.4. The maximum absolute atomic E-state index is 13.1. The maximum Gasteiger partial charge on any atom is 0.192 e. The molecule has 2 fully saturated rings. The lowest BCUT2D eigenvalue weighted by atomic mass is 9.53. The molecule has 3 nitrogen and oxygen atoms in total. The third kappa shape index (κ3) is 4.11. The summed E-state index contributed by atoms with van der Waals surface area (Å²) in [6.07, 6.45) is 10.3. The van der Waals surface area contributed by atoms with Gasteiger partial charge in [0.1, 0.15) is 6.29 Å². The third-order valence-electron chi connectivity index (χ3n) is 10.3. The highest BCUT2D eigenvalue weighted by Gasteiger charge is 2.66. The molecule has 2 saturated carbocycles. The first kappa shape index (κ1) is 26.2. The van der Waals surface area contributed by atoms with E-state index >= 15 is 0 Å². The highest BCUT2D eigenvalue weighted by molar-refractivity contribution is 6.74. The Morgan fingerprint density at radius 1 is 1.25 bits per heavy atom. The van der Waals surface area contributed by atoms with Gasteiger partial charge in [-0.2, -0.15) is 0 Å². The van der Waals surface area contributed by atoms with Gasteiger partial charge in [0.15, 0.2) is 8.32 Å². The van der Waals surface area contributed by atoms with Crippen LogP contribution in [0.1, 0.15) is 87.0 Å². The van der Waals surface area contributed by atoms with Gasteiger partial charge >= 0.3 is 0 Å². The molecule has 0 aromatic rings. The fraction of sp³-hybridized carbons (Fsp3) is 0.893. The first-order chi connectivity index (χ1) is 14.7. The number of allylic oxidation sites excluding steroid dienone is 2. The summed E-state index contributed by atoms with van der Waals surface area (Å²) in [5.74, 6) is 2.37. The van der Waals surface area contributed by atoms with Crippen LogP contribution in [-0.4, -0.2) is 32.4 Å². The number of fused-ring (bicyclic) bond motifs is 2. The molecule has 0 aromatic carbocycles. The van der Waals surface area contributed by atoms with E-state index in [0.717, 1.165) is 38.5 Å². The summed E-state index contributed by atoms with van der Waals surface area (Å²) in [4.78, 5) is 13.1. The van der Waals surface area contributed by atoms with Gasteiger partial charge < -0.3 is 14.3 Å². The first-order valence-electron chi connectivity index (χ1n) is 13.2. The van der Waals surface area contributed by atoms with Crippen LogP contribution >= 0.6 is 0 Å². The Bertz CT molecular complexity index is 721. The Hall–Kier alpha value is -0.453. The van der Waals surface area contributed by atoms with E-state index in [0.29, 0.717) is 29.6 Å². The normalized spacial score (nSPS) is 39.7. The SMILES string of the molecule is CC(C)C1=CC2C[C@@]1(C)[C@@](C=O)(C1CC(O[Si](C)(C)C(C)(C)C)C(C)C1CCCCO)C2. The summed E-state index contributed by atoms with van der Waals surface area (Å²) in [5, 5.41) is 9.60. The van der Waals surface area contributed by atoms with Crippen molar-refractivity contribution in [3.8, 4) is 0 Å². The summed E-state index contributed by atoms with van der Waals surface area (Å²) in [6, 6.07) is 0.